The number of aliphatic hydroxyl groups excluding tert-OH is 1. The van der Waals surface area contributed by atoms with Gasteiger partial charge in [-0.2, -0.15) is 0 Å². The van der Waals surface area contributed by atoms with Crippen molar-refractivity contribution in [3.05, 3.63) is 52.7 Å². The molecule has 2 heterocycles. The van der Waals surface area contributed by atoms with E-state index in [1.54, 1.807) is 6.20 Å². The lowest BCUT2D eigenvalue weighted by atomic mass is 10.1. The summed E-state index contributed by atoms with van der Waals surface area (Å²) in [7, 11) is 0. The minimum Gasteiger partial charge on any atom is -0.383 e. The molecule has 0 saturated heterocycles. The lowest BCUT2D eigenvalue weighted by Crippen LogP contribution is -1.97. The molecule has 0 bridgehead atoms. The average molecular weight is 257 g/mol. The maximum Gasteiger partial charge on any atom is 0.116 e. The van der Waals surface area contributed by atoms with Crippen molar-refractivity contribution in [3.8, 4) is 0 Å². The molecule has 0 aliphatic rings. The number of aliphatic hydroxyl groups is 1. The number of hydrogen-bond acceptors (Lipinski definition) is 5. The van der Waals surface area contributed by atoms with Gasteiger partial charge < -0.3 is 5.11 Å². The smallest absolute Gasteiger partial charge is 0.116 e. The molecule has 3 rings (SSSR count). The summed E-state index contributed by atoms with van der Waals surface area (Å²) in [6.07, 6.45) is 0.920. The third kappa shape index (κ3) is 1.98. The molecule has 0 fully saturated rings. The van der Waals surface area contributed by atoms with Crippen LogP contribution in [0.2, 0.25) is 0 Å². The molecular formula is C13H11N3OS. The molecule has 5 heteroatoms. The summed E-state index contributed by atoms with van der Waals surface area (Å²) in [5, 5.41) is 15.0. The maximum atomic E-state index is 10.2. The number of aryl methyl sites for hydroxylation is 1. The summed E-state index contributed by atoms with van der Waals surface area (Å²) in [5.74, 6) is 0. The van der Waals surface area contributed by atoms with Gasteiger partial charge in [-0.05, 0) is 42.2 Å². The highest BCUT2D eigenvalue weighted by molar-refractivity contribution is 7.05. The van der Waals surface area contributed by atoms with Crippen molar-refractivity contribution in [2.75, 3.05) is 0 Å². The Bertz CT molecular complexity index is 682. The molecule has 4 nitrogen and oxygen atoms in total. The number of pyridine rings is 1. The molecular weight excluding hydrogens is 246 g/mol. The summed E-state index contributed by atoms with van der Waals surface area (Å²) in [6, 6.07) is 9.74. The molecule has 0 amide bonds. The van der Waals surface area contributed by atoms with Crippen LogP contribution >= 0.6 is 11.5 Å². The van der Waals surface area contributed by atoms with Crippen molar-refractivity contribution in [2.45, 2.75) is 13.0 Å². The fraction of sp³-hybridized carbons (Fsp3) is 0.154. The van der Waals surface area contributed by atoms with E-state index in [1.807, 2.05) is 37.3 Å². The minimum absolute atomic E-state index is 0.671. The number of hydrogen-bond donors (Lipinski definition) is 1. The molecule has 1 unspecified atom stereocenters. The molecule has 0 spiro atoms. The summed E-state index contributed by atoms with van der Waals surface area (Å²) in [6.45, 7) is 1.96. The first-order valence-electron chi connectivity index (χ1n) is 5.57. The summed E-state index contributed by atoms with van der Waals surface area (Å²) >= 11 is 1.21. The van der Waals surface area contributed by atoms with E-state index in [2.05, 4.69) is 14.6 Å². The van der Waals surface area contributed by atoms with E-state index in [1.165, 1.54) is 11.5 Å². The summed E-state index contributed by atoms with van der Waals surface area (Å²) < 4.78 is 3.76. The lowest BCUT2D eigenvalue weighted by Gasteiger charge is -2.09. The van der Waals surface area contributed by atoms with Gasteiger partial charge in [0.2, 0.25) is 0 Å². The average Bonchev–Trinajstić information content (AvgIpc) is 2.91. The minimum atomic E-state index is -0.671. The van der Waals surface area contributed by atoms with Crippen molar-refractivity contribution in [1.82, 2.24) is 14.6 Å². The molecule has 18 heavy (non-hydrogen) atoms. The molecule has 0 aliphatic heterocycles. The topological polar surface area (TPSA) is 58.9 Å². The zero-order chi connectivity index (χ0) is 12.5. The van der Waals surface area contributed by atoms with Crippen LogP contribution in [-0.4, -0.2) is 19.7 Å². The van der Waals surface area contributed by atoms with Crippen LogP contribution in [0.25, 0.3) is 10.9 Å². The molecule has 0 aliphatic carbocycles. The van der Waals surface area contributed by atoms with Gasteiger partial charge in [0.25, 0.3) is 0 Å². The van der Waals surface area contributed by atoms with E-state index >= 15 is 0 Å². The Morgan fingerprint density at radius 1 is 1.22 bits per heavy atom. The van der Waals surface area contributed by atoms with Crippen LogP contribution in [0.4, 0.5) is 0 Å². The lowest BCUT2D eigenvalue weighted by molar-refractivity contribution is 0.224. The molecule has 3 aromatic rings. The second-order valence-electron chi connectivity index (χ2n) is 4.13. The maximum absolute atomic E-state index is 10.2. The van der Waals surface area contributed by atoms with E-state index < -0.39 is 6.10 Å². The third-order valence-electron chi connectivity index (χ3n) is 2.82. The van der Waals surface area contributed by atoms with E-state index in [-0.39, 0.29) is 0 Å². The van der Waals surface area contributed by atoms with Crippen LogP contribution in [0, 0.1) is 6.92 Å². The fourth-order valence-electron chi connectivity index (χ4n) is 1.88. The Hall–Kier alpha value is -1.85. The molecule has 1 N–H and O–H groups in total. The quantitative estimate of drug-likeness (QED) is 0.766. The molecule has 1 atom stereocenters. The van der Waals surface area contributed by atoms with Gasteiger partial charge in [-0.3, -0.25) is 4.98 Å². The normalized spacial score (nSPS) is 12.8. The van der Waals surface area contributed by atoms with Crippen molar-refractivity contribution >= 4 is 22.4 Å². The van der Waals surface area contributed by atoms with E-state index in [4.69, 9.17) is 0 Å². The van der Waals surface area contributed by atoms with Crippen LogP contribution in [0.1, 0.15) is 22.2 Å². The number of benzene rings is 1. The Morgan fingerprint density at radius 2 is 2.11 bits per heavy atom. The molecule has 2 aromatic heterocycles. The highest BCUT2D eigenvalue weighted by Crippen LogP contribution is 2.26. The van der Waals surface area contributed by atoms with Gasteiger partial charge in [-0.25, -0.2) is 0 Å². The standard InChI is InChI=1S/C13H11N3OS/c1-8-2-3-9-6-10(4-5-11(9)15-8)13(17)12-7-14-16-18-12/h2-7,13,17H,1H3. The zero-order valence-corrected chi connectivity index (χ0v) is 10.6. The Balaban J connectivity index is 2.06. The van der Waals surface area contributed by atoms with Crippen molar-refractivity contribution in [1.29, 1.82) is 0 Å². The SMILES string of the molecule is Cc1ccc2cc(C(O)c3cnns3)ccc2n1. The van der Waals surface area contributed by atoms with Crippen molar-refractivity contribution < 1.29 is 5.11 Å². The second-order valence-corrected chi connectivity index (χ2v) is 4.94. The van der Waals surface area contributed by atoms with Crippen LogP contribution in [0.3, 0.4) is 0 Å². The predicted octanol–water partition coefficient (Wildman–Crippen LogP) is 2.48. The van der Waals surface area contributed by atoms with Crippen LogP contribution in [0.15, 0.2) is 36.5 Å². The Kier molecular flexibility index (Phi) is 2.77. The Labute approximate surface area is 108 Å². The number of rotatable bonds is 2. The van der Waals surface area contributed by atoms with Gasteiger partial charge in [0.15, 0.2) is 0 Å². The largest absolute Gasteiger partial charge is 0.383 e. The first-order valence-corrected chi connectivity index (χ1v) is 6.34. The van der Waals surface area contributed by atoms with E-state index in [9.17, 15) is 5.11 Å². The number of fused-ring (bicyclic) bond motifs is 1. The molecule has 1 aromatic carbocycles. The predicted molar refractivity (Wildman–Crippen MR) is 70.5 cm³/mol. The summed E-state index contributed by atoms with van der Waals surface area (Å²) in [5.41, 5.74) is 2.76. The van der Waals surface area contributed by atoms with Crippen molar-refractivity contribution in [3.63, 3.8) is 0 Å². The van der Waals surface area contributed by atoms with E-state index in [0.29, 0.717) is 0 Å². The van der Waals surface area contributed by atoms with Gasteiger partial charge in [0, 0.05) is 11.1 Å². The molecule has 90 valence electrons. The van der Waals surface area contributed by atoms with Crippen LogP contribution in [0.5, 0.6) is 0 Å². The number of aromatic nitrogens is 3. The zero-order valence-electron chi connectivity index (χ0n) is 9.74. The second kappa shape index (κ2) is 4.44. The van der Waals surface area contributed by atoms with Gasteiger partial charge in [0.05, 0.1) is 16.6 Å². The van der Waals surface area contributed by atoms with E-state index in [0.717, 1.165) is 27.0 Å². The Morgan fingerprint density at radius 3 is 2.89 bits per heavy atom. The fourth-order valence-corrected chi connectivity index (χ4v) is 2.39. The monoisotopic (exact) mass is 257 g/mol. The first kappa shape index (κ1) is 11.3. The van der Waals surface area contributed by atoms with Crippen LogP contribution in [-0.2, 0) is 0 Å². The van der Waals surface area contributed by atoms with Gasteiger partial charge in [-0.1, -0.05) is 16.6 Å². The molecule has 0 radical (unpaired) electrons. The van der Waals surface area contributed by atoms with Crippen molar-refractivity contribution in [2.24, 2.45) is 0 Å². The number of nitrogens with zero attached hydrogens (tertiary/aromatic N) is 3. The van der Waals surface area contributed by atoms with Gasteiger partial charge in [0.1, 0.15) is 6.10 Å². The third-order valence-corrected chi connectivity index (χ3v) is 3.53. The summed E-state index contributed by atoms with van der Waals surface area (Å²) in [4.78, 5) is 5.18. The highest BCUT2D eigenvalue weighted by Gasteiger charge is 2.13. The van der Waals surface area contributed by atoms with Crippen LogP contribution < -0.4 is 0 Å². The molecule has 0 saturated carbocycles. The first-order chi connectivity index (χ1) is 8.74. The van der Waals surface area contributed by atoms with Gasteiger partial charge in [-0.15, -0.1) is 5.10 Å². The highest BCUT2D eigenvalue weighted by atomic mass is 32.1. The van der Waals surface area contributed by atoms with Gasteiger partial charge >= 0.3 is 0 Å².